The minimum Gasteiger partial charge on any atom is -0.493 e. The summed E-state index contributed by atoms with van der Waals surface area (Å²) in [5, 5.41) is 0. The van der Waals surface area contributed by atoms with Crippen LogP contribution < -0.4 is 9.47 Å². The van der Waals surface area contributed by atoms with E-state index in [2.05, 4.69) is 0 Å². The van der Waals surface area contributed by atoms with Crippen LogP contribution in [0.1, 0.15) is 24.8 Å². The molecular weight excluding hydrogens is 384 g/mol. The summed E-state index contributed by atoms with van der Waals surface area (Å²) in [7, 11) is 3.13. The lowest BCUT2D eigenvalue weighted by molar-refractivity contribution is -0.136. The minimum absolute atomic E-state index is 0.00788. The fraction of sp³-hybridized carbons (Fsp3) is 0.421. The van der Waals surface area contributed by atoms with E-state index >= 15 is 0 Å². The van der Waals surface area contributed by atoms with E-state index in [1.165, 1.54) is 16.7 Å². The van der Waals surface area contributed by atoms with Gasteiger partial charge in [-0.2, -0.15) is 0 Å². The van der Waals surface area contributed by atoms with Crippen LogP contribution in [0.25, 0.3) is 6.08 Å². The molecule has 0 spiro atoms. The number of thiocarbonyl (C=S) groups is 1. The number of nitrogens with zero attached hydrogens (tertiary/aromatic N) is 2. The quantitative estimate of drug-likeness (QED) is 0.554. The van der Waals surface area contributed by atoms with Crippen molar-refractivity contribution in [1.82, 2.24) is 9.80 Å². The molecule has 2 amide bonds. The first-order chi connectivity index (χ1) is 13.0. The Morgan fingerprint density at radius 3 is 2.56 bits per heavy atom. The Kier molecular flexibility index (Phi) is 6.38. The largest absolute Gasteiger partial charge is 0.493 e. The summed E-state index contributed by atoms with van der Waals surface area (Å²) < 4.78 is 10.9. The Hall–Kier alpha value is -2.06. The highest BCUT2D eigenvalue weighted by Crippen LogP contribution is 2.34. The van der Waals surface area contributed by atoms with Crippen LogP contribution in [0.15, 0.2) is 23.1 Å². The second-order valence-electron chi connectivity index (χ2n) is 6.32. The lowest BCUT2D eigenvalue weighted by Gasteiger charge is -2.28. The average Bonchev–Trinajstić information content (AvgIpc) is 2.95. The van der Waals surface area contributed by atoms with Crippen LogP contribution in [-0.4, -0.2) is 59.8 Å². The molecule has 0 aliphatic carbocycles. The molecule has 8 heteroatoms. The summed E-state index contributed by atoms with van der Waals surface area (Å²) >= 11 is 6.55. The number of rotatable bonds is 5. The van der Waals surface area contributed by atoms with Gasteiger partial charge in [-0.05, 0) is 43.0 Å². The van der Waals surface area contributed by atoms with Crippen LogP contribution in [0.4, 0.5) is 0 Å². The van der Waals surface area contributed by atoms with Crippen molar-refractivity contribution < 1.29 is 19.1 Å². The normalized spacial score (nSPS) is 19.0. The van der Waals surface area contributed by atoms with E-state index in [9.17, 15) is 9.59 Å². The molecule has 0 saturated carbocycles. The molecule has 0 bridgehead atoms. The number of thioether (sulfide) groups is 1. The van der Waals surface area contributed by atoms with Gasteiger partial charge in [-0.1, -0.05) is 30.0 Å². The molecule has 0 radical (unpaired) electrons. The summed E-state index contributed by atoms with van der Waals surface area (Å²) in [6, 6.07) is 5.42. The van der Waals surface area contributed by atoms with Gasteiger partial charge in [-0.25, -0.2) is 0 Å². The maximum Gasteiger partial charge on any atom is 0.266 e. The second-order valence-corrected chi connectivity index (χ2v) is 8.00. The molecule has 1 aromatic rings. The highest BCUT2D eigenvalue weighted by atomic mass is 32.2. The first-order valence-electron chi connectivity index (χ1n) is 8.78. The maximum absolute atomic E-state index is 12.7. The topological polar surface area (TPSA) is 59.1 Å². The zero-order chi connectivity index (χ0) is 19.4. The van der Waals surface area contributed by atoms with Crippen molar-refractivity contribution in [2.75, 3.05) is 33.9 Å². The molecule has 2 heterocycles. The number of hydrogen-bond acceptors (Lipinski definition) is 6. The van der Waals surface area contributed by atoms with Crippen molar-refractivity contribution in [1.29, 1.82) is 0 Å². The average molecular weight is 407 g/mol. The third kappa shape index (κ3) is 4.44. The monoisotopic (exact) mass is 406 g/mol. The van der Waals surface area contributed by atoms with E-state index in [-0.39, 0.29) is 18.4 Å². The van der Waals surface area contributed by atoms with Crippen LogP contribution >= 0.6 is 24.0 Å². The number of carbonyl (C=O) groups is 2. The van der Waals surface area contributed by atoms with Crippen molar-refractivity contribution in [3.8, 4) is 11.5 Å². The van der Waals surface area contributed by atoms with E-state index in [1.807, 2.05) is 11.0 Å². The van der Waals surface area contributed by atoms with Crippen molar-refractivity contribution in [3.63, 3.8) is 0 Å². The molecule has 1 aromatic carbocycles. The molecule has 2 aliphatic heterocycles. The molecular formula is C19H22N2O4S2. The predicted molar refractivity (Wildman–Crippen MR) is 110 cm³/mol. The summed E-state index contributed by atoms with van der Waals surface area (Å²) in [6.07, 6.45) is 4.94. The van der Waals surface area contributed by atoms with Crippen LogP contribution in [0.3, 0.4) is 0 Å². The second kappa shape index (κ2) is 8.75. The van der Waals surface area contributed by atoms with Crippen molar-refractivity contribution in [2.24, 2.45) is 0 Å². The number of likely N-dealkylation sites (tertiary alicyclic amines) is 1. The van der Waals surface area contributed by atoms with E-state index in [0.29, 0.717) is 20.7 Å². The number of ether oxygens (including phenoxy) is 2. The number of piperidine rings is 1. The Balaban J connectivity index is 1.73. The smallest absolute Gasteiger partial charge is 0.266 e. The number of benzene rings is 1. The molecule has 2 saturated heterocycles. The van der Waals surface area contributed by atoms with Gasteiger partial charge in [0.1, 0.15) is 10.9 Å². The number of methoxy groups -OCH3 is 2. The van der Waals surface area contributed by atoms with Gasteiger partial charge in [0.2, 0.25) is 5.91 Å². The summed E-state index contributed by atoms with van der Waals surface area (Å²) in [5.74, 6) is 0.930. The van der Waals surface area contributed by atoms with Crippen LogP contribution in [0.2, 0.25) is 0 Å². The fourth-order valence-electron chi connectivity index (χ4n) is 3.11. The molecule has 144 valence electrons. The molecule has 0 N–H and O–H groups in total. The number of amides is 2. The zero-order valence-corrected chi connectivity index (χ0v) is 17.0. The van der Waals surface area contributed by atoms with Gasteiger partial charge in [0.25, 0.3) is 5.91 Å². The Morgan fingerprint density at radius 1 is 1.19 bits per heavy atom. The van der Waals surface area contributed by atoms with Gasteiger partial charge in [0, 0.05) is 13.1 Å². The van der Waals surface area contributed by atoms with Gasteiger partial charge in [-0.3, -0.25) is 14.5 Å². The molecule has 0 unspecified atom stereocenters. The standard InChI is InChI=1S/C19H22N2O4S2/c1-24-14-7-6-13(10-15(14)25-2)11-16-18(23)21(19(26)27-16)12-17(22)20-8-4-3-5-9-20/h6-7,10-11H,3-5,8-9,12H2,1-2H3/b16-11-. The third-order valence-corrected chi connectivity index (χ3v) is 5.96. The lowest BCUT2D eigenvalue weighted by Crippen LogP contribution is -2.44. The molecule has 2 fully saturated rings. The lowest BCUT2D eigenvalue weighted by atomic mass is 10.1. The number of hydrogen-bond donors (Lipinski definition) is 0. The highest BCUT2D eigenvalue weighted by Gasteiger charge is 2.34. The molecule has 2 aliphatic rings. The highest BCUT2D eigenvalue weighted by molar-refractivity contribution is 8.26. The molecule has 0 atom stereocenters. The summed E-state index contributed by atoms with van der Waals surface area (Å²) in [4.78, 5) is 28.9. The first-order valence-corrected chi connectivity index (χ1v) is 10.0. The molecule has 0 aromatic heterocycles. The maximum atomic E-state index is 12.7. The minimum atomic E-state index is -0.231. The van der Waals surface area contributed by atoms with E-state index in [4.69, 9.17) is 21.7 Å². The molecule has 27 heavy (non-hydrogen) atoms. The molecule has 3 rings (SSSR count). The van der Waals surface area contributed by atoms with Crippen LogP contribution in [0.5, 0.6) is 11.5 Å². The zero-order valence-electron chi connectivity index (χ0n) is 15.4. The van der Waals surface area contributed by atoms with Crippen molar-refractivity contribution in [2.45, 2.75) is 19.3 Å². The van der Waals surface area contributed by atoms with Crippen molar-refractivity contribution >= 4 is 46.2 Å². The van der Waals surface area contributed by atoms with E-state index < -0.39 is 0 Å². The van der Waals surface area contributed by atoms with E-state index in [1.54, 1.807) is 32.4 Å². The fourth-order valence-corrected chi connectivity index (χ4v) is 4.36. The van der Waals surface area contributed by atoms with Gasteiger partial charge in [0.05, 0.1) is 19.1 Å². The Labute approximate surface area is 168 Å². The Bertz CT molecular complexity index is 788. The van der Waals surface area contributed by atoms with Gasteiger partial charge in [0.15, 0.2) is 11.5 Å². The van der Waals surface area contributed by atoms with Crippen molar-refractivity contribution in [3.05, 3.63) is 28.7 Å². The summed E-state index contributed by atoms with van der Waals surface area (Å²) in [6.45, 7) is 1.53. The van der Waals surface area contributed by atoms with Gasteiger partial charge in [-0.15, -0.1) is 0 Å². The number of carbonyl (C=O) groups excluding carboxylic acids is 2. The SMILES string of the molecule is COc1ccc(/C=C2\SC(=S)N(CC(=O)N3CCCCC3)C2=O)cc1OC. The first kappa shape index (κ1) is 19.7. The molecule has 6 nitrogen and oxygen atoms in total. The van der Waals surface area contributed by atoms with E-state index in [0.717, 1.165) is 37.9 Å². The third-order valence-electron chi connectivity index (χ3n) is 4.58. The van der Waals surface area contributed by atoms with Gasteiger partial charge < -0.3 is 14.4 Å². The van der Waals surface area contributed by atoms with Crippen LogP contribution in [0, 0.1) is 0 Å². The summed E-state index contributed by atoms with van der Waals surface area (Å²) in [5.41, 5.74) is 0.801. The Morgan fingerprint density at radius 2 is 1.89 bits per heavy atom. The van der Waals surface area contributed by atoms with Crippen LogP contribution in [-0.2, 0) is 9.59 Å². The predicted octanol–water partition coefficient (Wildman–Crippen LogP) is 2.92. The van der Waals surface area contributed by atoms with Gasteiger partial charge >= 0.3 is 0 Å².